The van der Waals surface area contributed by atoms with Crippen LogP contribution in [0.25, 0.3) is 0 Å². The van der Waals surface area contributed by atoms with E-state index in [1.54, 1.807) is 13.2 Å². The molecule has 1 aromatic rings. The van der Waals surface area contributed by atoms with Crippen LogP contribution in [0.1, 0.15) is 12.1 Å². The molecule has 4 heteroatoms. The summed E-state index contributed by atoms with van der Waals surface area (Å²) in [6.07, 6.45) is 5.78. The zero-order valence-electron chi connectivity index (χ0n) is 8.37. The Balaban J connectivity index is 2.67. The number of nitrogens with zero attached hydrogens (tertiary/aromatic N) is 2. The van der Waals surface area contributed by atoms with E-state index in [1.165, 1.54) is 0 Å². The Kier molecular flexibility index (Phi) is 3.74. The molecule has 1 rings (SSSR count). The molecule has 1 heterocycles. The number of anilines is 1. The van der Waals surface area contributed by atoms with Crippen LogP contribution in [0.15, 0.2) is 6.07 Å². The van der Waals surface area contributed by atoms with Gasteiger partial charge in [0.15, 0.2) is 0 Å². The minimum atomic E-state index is 0.553. The minimum Gasteiger partial charge on any atom is -0.481 e. The van der Waals surface area contributed by atoms with Crippen LogP contribution in [0.4, 0.5) is 5.95 Å². The molecule has 0 saturated carbocycles. The van der Waals surface area contributed by atoms with E-state index in [2.05, 4.69) is 21.2 Å². The van der Waals surface area contributed by atoms with Crippen LogP contribution in [0.5, 0.6) is 5.88 Å². The highest BCUT2D eigenvalue weighted by molar-refractivity contribution is 5.30. The van der Waals surface area contributed by atoms with Crippen molar-refractivity contribution in [3.05, 3.63) is 11.8 Å². The van der Waals surface area contributed by atoms with Crippen LogP contribution in [-0.4, -0.2) is 23.6 Å². The highest BCUT2D eigenvalue weighted by Gasteiger charge is 2.00. The Hall–Kier alpha value is -1.76. The fourth-order valence-corrected chi connectivity index (χ4v) is 0.970. The number of terminal acetylenes is 1. The standard InChI is InChI=1S/C10H13N3O/c1-4-5-6-11-10-12-8(2)7-9(13-10)14-3/h1,7H,5-6H2,2-3H3,(H,11,12,13). The molecule has 4 nitrogen and oxygen atoms in total. The quantitative estimate of drug-likeness (QED) is 0.574. The Morgan fingerprint density at radius 1 is 1.57 bits per heavy atom. The van der Waals surface area contributed by atoms with E-state index >= 15 is 0 Å². The number of ether oxygens (including phenoxy) is 1. The van der Waals surface area contributed by atoms with Gasteiger partial charge in [-0.05, 0) is 6.92 Å². The first-order valence-electron chi connectivity index (χ1n) is 4.33. The molecular formula is C10H13N3O. The zero-order chi connectivity index (χ0) is 10.4. The lowest BCUT2D eigenvalue weighted by molar-refractivity contribution is 0.397. The summed E-state index contributed by atoms with van der Waals surface area (Å²) < 4.78 is 5.01. The van der Waals surface area contributed by atoms with Gasteiger partial charge in [-0.15, -0.1) is 12.3 Å². The molecule has 0 saturated heterocycles. The van der Waals surface area contributed by atoms with Crippen LogP contribution in [0.2, 0.25) is 0 Å². The molecule has 0 aliphatic heterocycles. The SMILES string of the molecule is C#CCCNc1nc(C)cc(OC)n1. The lowest BCUT2D eigenvalue weighted by atomic mass is 10.4. The van der Waals surface area contributed by atoms with Gasteiger partial charge in [0.2, 0.25) is 11.8 Å². The number of hydrogen-bond donors (Lipinski definition) is 1. The maximum atomic E-state index is 5.12. The van der Waals surface area contributed by atoms with Gasteiger partial charge in [0, 0.05) is 24.7 Å². The van der Waals surface area contributed by atoms with E-state index in [-0.39, 0.29) is 0 Å². The summed E-state index contributed by atoms with van der Waals surface area (Å²) in [5, 5.41) is 3.02. The summed E-state index contributed by atoms with van der Waals surface area (Å²) >= 11 is 0. The Labute approximate surface area is 83.7 Å². The second-order valence-corrected chi connectivity index (χ2v) is 2.76. The van der Waals surface area contributed by atoms with Crippen LogP contribution in [-0.2, 0) is 0 Å². The molecule has 0 aliphatic rings. The second-order valence-electron chi connectivity index (χ2n) is 2.76. The van der Waals surface area contributed by atoms with Crippen LogP contribution in [0.3, 0.4) is 0 Å². The van der Waals surface area contributed by atoms with Crippen LogP contribution >= 0.6 is 0 Å². The predicted octanol–water partition coefficient (Wildman–Crippen LogP) is 1.23. The summed E-state index contributed by atoms with van der Waals surface area (Å²) in [6.45, 7) is 2.56. The van der Waals surface area contributed by atoms with Crippen LogP contribution < -0.4 is 10.1 Å². The molecule has 0 aliphatic carbocycles. The maximum absolute atomic E-state index is 5.12. The predicted molar refractivity (Wildman–Crippen MR) is 55.3 cm³/mol. The Morgan fingerprint density at radius 2 is 2.36 bits per heavy atom. The average Bonchev–Trinajstić information content (AvgIpc) is 2.17. The molecule has 0 amide bonds. The first kappa shape index (κ1) is 10.3. The number of aromatic nitrogens is 2. The van der Waals surface area contributed by atoms with Gasteiger partial charge in [-0.25, -0.2) is 4.98 Å². The van der Waals surface area contributed by atoms with Crippen molar-refractivity contribution in [2.75, 3.05) is 19.0 Å². The van der Waals surface area contributed by atoms with E-state index in [1.807, 2.05) is 6.92 Å². The number of nitrogens with one attached hydrogen (secondary N) is 1. The molecule has 74 valence electrons. The Bertz CT molecular complexity index is 344. The van der Waals surface area contributed by atoms with Gasteiger partial charge in [-0.1, -0.05) is 0 Å². The largest absolute Gasteiger partial charge is 0.481 e. The number of hydrogen-bond acceptors (Lipinski definition) is 4. The van der Waals surface area contributed by atoms with Crippen molar-refractivity contribution in [2.24, 2.45) is 0 Å². The van der Waals surface area contributed by atoms with Gasteiger partial charge in [-0.2, -0.15) is 4.98 Å². The zero-order valence-corrected chi connectivity index (χ0v) is 8.37. The van der Waals surface area contributed by atoms with Gasteiger partial charge in [0.25, 0.3) is 0 Å². The van der Waals surface area contributed by atoms with Crippen molar-refractivity contribution in [1.29, 1.82) is 0 Å². The van der Waals surface area contributed by atoms with Crippen molar-refractivity contribution in [3.8, 4) is 18.2 Å². The van der Waals surface area contributed by atoms with Crippen molar-refractivity contribution >= 4 is 5.95 Å². The third-order valence-electron chi connectivity index (χ3n) is 1.59. The van der Waals surface area contributed by atoms with Gasteiger partial charge < -0.3 is 10.1 Å². The lowest BCUT2D eigenvalue weighted by Crippen LogP contribution is -2.06. The molecule has 0 unspecified atom stereocenters. The van der Waals surface area contributed by atoms with Crippen molar-refractivity contribution in [2.45, 2.75) is 13.3 Å². The summed E-state index contributed by atoms with van der Waals surface area (Å²) in [5.41, 5.74) is 0.861. The normalized spacial score (nSPS) is 9.21. The van der Waals surface area contributed by atoms with Gasteiger partial charge in [-0.3, -0.25) is 0 Å². The first-order valence-corrected chi connectivity index (χ1v) is 4.33. The van der Waals surface area contributed by atoms with E-state index < -0.39 is 0 Å². The van der Waals surface area contributed by atoms with Gasteiger partial charge in [0.05, 0.1) is 7.11 Å². The maximum Gasteiger partial charge on any atom is 0.226 e. The highest BCUT2D eigenvalue weighted by Crippen LogP contribution is 2.10. The topological polar surface area (TPSA) is 47.0 Å². The Morgan fingerprint density at radius 3 is 3.00 bits per heavy atom. The molecule has 1 N–H and O–H groups in total. The molecule has 0 bridgehead atoms. The smallest absolute Gasteiger partial charge is 0.226 e. The third-order valence-corrected chi connectivity index (χ3v) is 1.59. The summed E-state index contributed by atoms with van der Waals surface area (Å²) in [7, 11) is 1.58. The van der Waals surface area contributed by atoms with E-state index in [0.29, 0.717) is 24.8 Å². The summed E-state index contributed by atoms with van der Waals surface area (Å²) in [6, 6.07) is 1.77. The molecule has 0 atom stereocenters. The fourth-order valence-electron chi connectivity index (χ4n) is 0.970. The molecule has 1 aromatic heterocycles. The highest BCUT2D eigenvalue weighted by atomic mass is 16.5. The van der Waals surface area contributed by atoms with Gasteiger partial charge >= 0.3 is 0 Å². The summed E-state index contributed by atoms with van der Waals surface area (Å²) in [4.78, 5) is 8.29. The first-order chi connectivity index (χ1) is 6.76. The van der Waals surface area contributed by atoms with E-state index in [9.17, 15) is 0 Å². The molecule has 0 spiro atoms. The monoisotopic (exact) mass is 191 g/mol. The number of methoxy groups -OCH3 is 1. The fraction of sp³-hybridized carbons (Fsp3) is 0.400. The molecule has 0 radical (unpaired) electrons. The second kappa shape index (κ2) is 5.07. The third kappa shape index (κ3) is 2.94. The molecule has 14 heavy (non-hydrogen) atoms. The molecule has 0 fully saturated rings. The van der Waals surface area contributed by atoms with E-state index in [4.69, 9.17) is 11.2 Å². The number of rotatable bonds is 4. The lowest BCUT2D eigenvalue weighted by Gasteiger charge is -2.05. The number of aryl methyl sites for hydroxylation is 1. The summed E-state index contributed by atoms with van der Waals surface area (Å²) in [5.74, 6) is 3.64. The van der Waals surface area contributed by atoms with Gasteiger partial charge in [0.1, 0.15) is 0 Å². The average molecular weight is 191 g/mol. The molecular weight excluding hydrogens is 178 g/mol. The van der Waals surface area contributed by atoms with Crippen molar-refractivity contribution < 1.29 is 4.74 Å². The molecule has 0 aromatic carbocycles. The minimum absolute atomic E-state index is 0.553. The van der Waals surface area contributed by atoms with Crippen molar-refractivity contribution in [3.63, 3.8) is 0 Å². The van der Waals surface area contributed by atoms with E-state index in [0.717, 1.165) is 5.69 Å². The van der Waals surface area contributed by atoms with Crippen molar-refractivity contribution in [1.82, 2.24) is 9.97 Å². The van der Waals surface area contributed by atoms with Crippen LogP contribution in [0, 0.1) is 19.3 Å².